The van der Waals surface area contributed by atoms with E-state index < -0.39 is 24.5 Å². The van der Waals surface area contributed by atoms with Crippen molar-refractivity contribution in [1.82, 2.24) is 10.2 Å². The molecule has 0 unspecified atom stereocenters. The molecule has 22 heavy (non-hydrogen) atoms. The van der Waals surface area contributed by atoms with Crippen LogP contribution >= 0.6 is 11.8 Å². The van der Waals surface area contributed by atoms with E-state index in [4.69, 9.17) is 0 Å². The summed E-state index contributed by atoms with van der Waals surface area (Å²) in [5.74, 6) is -1.54. The van der Waals surface area contributed by atoms with Crippen molar-refractivity contribution in [3.05, 3.63) is 0 Å². The molecular weight excluding hydrogens is 317 g/mol. The Kier molecular flexibility index (Phi) is 5.63. The summed E-state index contributed by atoms with van der Waals surface area (Å²) < 4.78 is 37.1. The van der Waals surface area contributed by atoms with Crippen molar-refractivity contribution in [1.29, 1.82) is 0 Å². The fraction of sp³-hybridized carbons (Fsp3) is 0.857. The van der Waals surface area contributed by atoms with Crippen molar-refractivity contribution in [2.45, 2.75) is 49.6 Å². The molecule has 0 aromatic heterocycles. The number of hydrogen-bond acceptors (Lipinski definition) is 3. The highest BCUT2D eigenvalue weighted by Gasteiger charge is 2.41. The number of carbonyl (C=O) groups is 2. The number of hydrogen-bond donors (Lipinski definition) is 1. The van der Waals surface area contributed by atoms with Crippen LogP contribution < -0.4 is 5.32 Å². The van der Waals surface area contributed by atoms with Crippen molar-refractivity contribution in [3.8, 4) is 0 Å². The standard InChI is InChI=1S/C14H21F3N2O2S/c1-22-11-4-2-3-10(6-11)18-13(21)9-5-12(20)19(7-9)8-14(15,16)17/h9-11H,2-8H2,1H3,(H,18,21)/t9-,10+,11+/m0/s1. The predicted molar refractivity (Wildman–Crippen MR) is 78.4 cm³/mol. The topological polar surface area (TPSA) is 49.4 Å². The molecule has 1 heterocycles. The van der Waals surface area contributed by atoms with Gasteiger partial charge in [0.1, 0.15) is 6.54 Å². The van der Waals surface area contributed by atoms with Gasteiger partial charge in [-0.15, -0.1) is 0 Å². The van der Waals surface area contributed by atoms with Gasteiger partial charge in [0.15, 0.2) is 0 Å². The zero-order chi connectivity index (χ0) is 16.3. The van der Waals surface area contributed by atoms with E-state index in [0.29, 0.717) is 5.25 Å². The lowest BCUT2D eigenvalue weighted by atomic mass is 9.94. The van der Waals surface area contributed by atoms with Crippen molar-refractivity contribution in [3.63, 3.8) is 0 Å². The zero-order valence-corrected chi connectivity index (χ0v) is 13.3. The van der Waals surface area contributed by atoms with Gasteiger partial charge in [0, 0.05) is 24.3 Å². The molecule has 126 valence electrons. The second-order valence-electron chi connectivity index (χ2n) is 6.02. The van der Waals surface area contributed by atoms with E-state index in [1.54, 1.807) is 11.8 Å². The highest BCUT2D eigenvalue weighted by Crippen LogP contribution is 2.28. The van der Waals surface area contributed by atoms with Crippen molar-refractivity contribution in [2.24, 2.45) is 5.92 Å². The highest BCUT2D eigenvalue weighted by atomic mass is 32.2. The first-order valence-corrected chi connectivity index (χ1v) is 8.75. The maximum absolute atomic E-state index is 12.4. The Morgan fingerprint density at radius 2 is 2.14 bits per heavy atom. The Hall–Kier alpha value is -0.920. The Morgan fingerprint density at radius 1 is 1.41 bits per heavy atom. The summed E-state index contributed by atoms with van der Waals surface area (Å²) in [6.07, 6.45) is 1.46. The summed E-state index contributed by atoms with van der Waals surface area (Å²) in [6, 6.07) is 0.0745. The SMILES string of the molecule is CS[C@@H]1CCC[C@@H](NC(=O)[C@H]2CC(=O)N(CC(F)(F)F)C2)C1. The molecule has 8 heteroatoms. The first kappa shape index (κ1) is 17.4. The molecule has 1 aliphatic heterocycles. The number of likely N-dealkylation sites (tertiary alicyclic amines) is 1. The molecule has 0 bridgehead atoms. The maximum atomic E-state index is 12.4. The van der Waals surface area contributed by atoms with Crippen LogP contribution in [0.1, 0.15) is 32.1 Å². The first-order valence-electron chi connectivity index (χ1n) is 7.46. The molecule has 2 aliphatic rings. The molecule has 3 atom stereocenters. The van der Waals surface area contributed by atoms with E-state index >= 15 is 0 Å². The average Bonchev–Trinajstić information content (AvgIpc) is 2.78. The molecule has 2 rings (SSSR count). The Balaban J connectivity index is 1.84. The van der Waals surface area contributed by atoms with Gasteiger partial charge in [-0.3, -0.25) is 9.59 Å². The Bertz CT molecular complexity index is 431. The molecule has 0 aromatic rings. The average molecular weight is 338 g/mol. The van der Waals surface area contributed by atoms with Gasteiger partial charge in [0.25, 0.3) is 0 Å². The Morgan fingerprint density at radius 3 is 2.77 bits per heavy atom. The summed E-state index contributed by atoms with van der Waals surface area (Å²) in [7, 11) is 0. The van der Waals surface area contributed by atoms with Crippen LogP contribution in [0.3, 0.4) is 0 Å². The van der Waals surface area contributed by atoms with Crippen LogP contribution in [-0.4, -0.2) is 53.5 Å². The molecule has 2 fully saturated rings. The lowest BCUT2D eigenvalue weighted by molar-refractivity contribution is -0.157. The molecule has 1 aliphatic carbocycles. The largest absolute Gasteiger partial charge is 0.406 e. The van der Waals surface area contributed by atoms with Crippen LogP contribution in [-0.2, 0) is 9.59 Å². The number of rotatable bonds is 4. The summed E-state index contributed by atoms with van der Waals surface area (Å²) >= 11 is 1.78. The van der Waals surface area contributed by atoms with Crippen LogP contribution in [0.2, 0.25) is 0 Å². The molecule has 0 spiro atoms. The predicted octanol–water partition coefficient (Wildman–Crippen LogP) is 2.19. The first-order chi connectivity index (χ1) is 10.3. The van der Waals surface area contributed by atoms with Gasteiger partial charge in [-0.25, -0.2) is 0 Å². The lowest BCUT2D eigenvalue weighted by Gasteiger charge is -2.29. The third-order valence-electron chi connectivity index (χ3n) is 4.26. The molecule has 0 radical (unpaired) electrons. The molecular formula is C14H21F3N2O2S. The zero-order valence-electron chi connectivity index (χ0n) is 12.5. The Labute approximate surface area is 132 Å². The van der Waals surface area contributed by atoms with Crippen LogP contribution in [0, 0.1) is 5.92 Å². The third-order valence-corrected chi connectivity index (χ3v) is 5.36. The van der Waals surface area contributed by atoms with E-state index in [-0.39, 0.29) is 24.9 Å². The second-order valence-corrected chi connectivity index (χ2v) is 7.16. The summed E-state index contributed by atoms with van der Waals surface area (Å²) in [6.45, 7) is -1.41. The number of thioether (sulfide) groups is 1. The summed E-state index contributed by atoms with van der Waals surface area (Å²) in [5, 5.41) is 3.44. The fourth-order valence-corrected chi connectivity index (χ4v) is 3.95. The molecule has 4 nitrogen and oxygen atoms in total. The normalized spacial score (nSPS) is 29.7. The van der Waals surface area contributed by atoms with Gasteiger partial charge >= 0.3 is 6.18 Å². The van der Waals surface area contributed by atoms with Crippen molar-refractivity contribution >= 4 is 23.6 Å². The monoisotopic (exact) mass is 338 g/mol. The minimum Gasteiger partial charge on any atom is -0.353 e. The van der Waals surface area contributed by atoms with E-state index in [2.05, 4.69) is 5.32 Å². The number of amides is 2. The molecule has 1 N–H and O–H groups in total. The second kappa shape index (κ2) is 7.10. The molecule has 0 aromatic carbocycles. The molecule has 1 saturated heterocycles. The summed E-state index contributed by atoms with van der Waals surface area (Å²) in [4.78, 5) is 24.5. The minimum atomic E-state index is -4.42. The number of alkyl halides is 3. The third kappa shape index (κ3) is 4.79. The highest BCUT2D eigenvalue weighted by molar-refractivity contribution is 7.99. The van der Waals surface area contributed by atoms with Crippen molar-refractivity contribution in [2.75, 3.05) is 19.3 Å². The van der Waals surface area contributed by atoms with Gasteiger partial charge in [-0.1, -0.05) is 6.42 Å². The van der Waals surface area contributed by atoms with E-state index in [0.717, 1.165) is 30.6 Å². The summed E-state index contributed by atoms with van der Waals surface area (Å²) in [5.41, 5.74) is 0. The number of nitrogens with one attached hydrogen (secondary N) is 1. The number of nitrogens with zero attached hydrogens (tertiary/aromatic N) is 1. The van der Waals surface area contributed by atoms with Crippen LogP contribution in [0.5, 0.6) is 0 Å². The molecule has 2 amide bonds. The van der Waals surface area contributed by atoms with Gasteiger partial charge < -0.3 is 10.2 Å². The minimum absolute atomic E-state index is 0.0745. The van der Waals surface area contributed by atoms with Crippen LogP contribution in [0.25, 0.3) is 0 Å². The number of carbonyl (C=O) groups excluding carboxylic acids is 2. The van der Waals surface area contributed by atoms with Gasteiger partial charge in [-0.05, 0) is 25.5 Å². The lowest BCUT2D eigenvalue weighted by Crippen LogP contribution is -2.43. The van der Waals surface area contributed by atoms with Crippen LogP contribution in [0.15, 0.2) is 0 Å². The number of halogens is 3. The van der Waals surface area contributed by atoms with Gasteiger partial charge in [0.2, 0.25) is 11.8 Å². The van der Waals surface area contributed by atoms with Gasteiger partial charge in [-0.2, -0.15) is 24.9 Å². The maximum Gasteiger partial charge on any atom is 0.406 e. The fourth-order valence-electron chi connectivity index (χ4n) is 3.13. The van der Waals surface area contributed by atoms with E-state index in [1.807, 2.05) is 6.26 Å². The van der Waals surface area contributed by atoms with Crippen molar-refractivity contribution < 1.29 is 22.8 Å². The molecule has 1 saturated carbocycles. The smallest absolute Gasteiger partial charge is 0.353 e. The van der Waals surface area contributed by atoms with E-state index in [9.17, 15) is 22.8 Å². The quantitative estimate of drug-likeness (QED) is 0.855. The van der Waals surface area contributed by atoms with Crippen LogP contribution in [0.4, 0.5) is 13.2 Å². The van der Waals surface area contributed by atoms with Gasteiger partial charge in [0.05, 0.1) is 5.92 Å². The van der Waals surface area contributed by atoms with E-state index in [1.165, 1.54) is 0 Å².